The molecule has 1 aliphatic carbocycles. The summed E-state index contributed by atoms with van der Waals surface area (Å²) in [5, 5.41) is 9.59. The number of hydrogen-bond donors (Lipinski definition) is 0. The monoisotopic (exact) mass is 320 g/mol. The van der Waals surface area contributed by atoms with Crippen LogP contribution in [-0.2, 0) is 4.74 Å². The summed E-state index contributed by atoms with van der Waals surface area (Å²) in [4.78, 5) is 4.50. The molecule has 1 aromatic heterocycles. The van der Waals surface area contributed by atoms with Gasteiger partial charge in [0.2, 0.25) is 5.89 Å². The van der Waals surface area contributed by atoms with E-state index in [1.54, 1.807) is 13.2 Å². The van der Waals surface area contributed by atoms with Crippen LogP contribution >= 0.6 is 0 Å². The zero-order valence-corrected chi connectivity index (χ0v) is 14.0. The van der Waals surface area contributed by atoms with Crippen molar-refractivity contribution in [2.75, 3.05) is 7.11 Å². The summed E-state index contributed by atoms with van der Waals surface area (Å²) in [7, 11) is 1.61. The maximum Gasteiger partial charge on any atom is 0.223 e. The summed E-state index contributed by atoms with van der Waals surface area (Å²) in [5.41, 5.74) is 2.77. The smallest absolute Gasteiger partial charge is 0.223 e. The van der Waals surface area contributed by atoms with Gasteiger partial charge in [-0.25, -0.2) is 4.98 Å². The first-order chi connectivity index (χ1) is 11.6. The molecule has 0 spiro atoms. The highest BCUT2D eigenvalue weighted by molar-refractivity contribution is 5.75. The van der Waals surface area contributed by atoms with Crippen molar-refractivity contribution >= 4 is 16.7 Å². The van der Waals surface area contributed by atoms with Gasteiger partial charge in [0.25, 0.3) is 0 Å². The summed E-state index contributed by atoms with van der Waals surface area (Å²) in [6.45, 7) is 5.80. The Kier molecular flexibility index (Phi) is 4.26. The molecule has 0 radical (unpaired) electrons. The molecule has 1 aliphatic rings. The fraction of sp³-hybridized carbons (Fsp3) is 0.300. The van der Waals surface area contributed by atoms with Crippen LogP contribution in [0.2, 0.25) is 0 Å². The van der Waals surface area contributed by atoms with E-state index >= 15 is 0 Å². The van der Waals surface area contributed by atoms with E-state index in [2.05, 4.69) is 17.6 Å². The lowest BCUT2D eigenvalue weighted by Gasteiger charge is -2.37. The van der Waals surface area contributed by atoms with Crippen LogP contribution < -0.4 is 0 Å². The minimum Gasteiger partial charge on any atom is -0.496 e. The van der Waals surface area contributed by atoms with Crippen LogP contribution in [0, 0.1) is 16.7 Å². The lowest BCUT2D eigenvalue weighted by Crippen LogP contribution is -2.30. The summed E-state index contributed by atoms with van der Waals surface area (Å²) in [6.07, 6.45) is 6.34. The highest BCUT2D eigenvalue weighted by atomic mass is 16.5. The zero-order valence-electron chi connectivity index (χ0n) is 14.0. The molecule has 0 amide bonds. The molecule has 0 unspecified atom stereocenters. The second kappa shape index (κ2) is 6.37. The van der Waals surface area contributed by atoms with E-state index in [0.717, 1.165) is 41.5 Å². The van der Waals surface area contributed by atoms with Crippen LogP contribution in [0.1, 0.15) is 32.1 Å². The van der Waals surface area contributed by atoms with Crippen molar-refractivity contribution in [1.29, 1.82) is 5.26 Å². The van der Waals surface area contributed by atoms with Gasteiger partial charge in [0, 0.05) is 11.1 Å². The Morgan fingerprint density at radius 3 is 2.71 bits per heavy atom. The van der Waals surface area contributed by atoms with Crippen LogP contribution in [0.15, 0.2) is 58.7 Å². The Labute approximate surface area is 141 Å². The van der Waals surface area contributed by atoms with E-state index in [-0.39, 0.29) is 0 Å². The SMILES string of the molecule is C=C/C(=C(\C=C(/C)c1nc2ccccc2o1)OC)C1(C#N)CCC1. The quantitative estimate of drug-likeness (QED) is 0.574. The Hall–Kier alpha value is -2.80. The molecule has 0 aliphatic heterocycles. The largest absolute Gasteiger partial charge is 0.496 e. The number of para-hydroxylation sites is 2. The Morgan fingerprint density at radius 2 is 2.17 bits per heavy atom. The maximum absolute atomic E-state index is 9.59. The van der Waals surface area contributed by atoms with Crippen molar-refractivity contribution in [3.05, 3.63) is 60.2 Å². The van der Waals surface area contributed by atoms with Gasteiger partial charge < -0.3 is 9.15 Å². The third-order valence-corrected chi connectivity index (χ3v) is 4.61. The average molecular weight is 320 g/mol. The number of allylic oxidation sites excluding steroid dienone is 4. The number of rotatable bonds is 5. The average Bonchev–Trinajstić information content (AvgIpc) is 3.00. The molecule has 0 bridgehead atoms. The van der Waals surface area contributed by atoms with E-state index in [4.69, 9.17) is 9.15 Å². The molecule has 1 fully saturated rings. The molecule has 1 heterocycles. The van der Waals surface area contributed by atoms with Crippen molar-refractivity contribution in [3.8, 4) is 6.07 Å². The van der Waals surface area contributed by atoms with Crippen molar-refractivity contribution in [1.82, 2.24) is 4.98 Å². The van der Waals surface area contributed by atoms with Gasteiger partial charge in [0.05, 0.1) is 18.6 Å². The van der Waals surface area contributed by atoms with Crippen LogP contribution in [-0.4, -0.2) is 12.1 Å². The predicted octanol–water partition coefficient (Wildman–Crippen LogP) is 5.01. The third kappa shape index (κ3) is 2.63. The van der Waals surface area contributed by atoms with E-state index in [1.807, 2.05) is 37.3 Å². The van der Waals surface area contributed by atoms with Crippen LogP contribution in [0.5, 0.6) is 0 Å². The molecule has 2 aromatic rings. The maximum atomic E-state index is 9.59. The number of aromatic nitrogens is 1. The van der Waals surface area contributed by atoms with Crippen molar-refractivity contribution in [2.45, 2.75) is 26.2 Å². The molecule has 4 heteroatoms. The lowest BCUT2D eigenvalue weighted by atomic mass is 9.64. The van der Waals surface area contributed by atoms with E-state index < -0.39 is 5.41 Å². The summed E-state index contributed by atoms with van der Waals surface area (Å²) >= 11 is 0. The van der Waals surface area contributed by atoms with Gasteiger partial charge in [-0.05, 0) is 44.4 Å². The highest BCUT2D eigenvalue weighted by Crippen LogP contribution is 2.48. The van der Waals surface area contributed by atoms with Gasteiger partial charge in [-0.1, -0.05) is 24.8 Å². The molecule has 24 heavy (non-hydrogen) atoms. The summed E-state index contributed by atoms with van der Waals surface area (Å²) in [5.74, 6) is 1.19. The summed E-state index contributed by atoms with van der Waals surface area (Å²) in [6, 6.07) is 10.1. The number of hydrogen-bond acceptors (Lipinski definition) is 4. The Morgan fingerprint density at radius 1 is 1.42 bits per heavy atom. The van der Waals surface area contributed by atoms with Crippen LogP contribution in [0.4, 0.5) is 0 Å². The lowest BCUT2D eigenvalue weighted by molar-refractivity contribution is 0.243. The van der Waals surface area contributed by atoms with E-state index in [0.29, 0.717) is 11.6 Å². The third-order valence-electron chi connectivity index (χ3n) is 4.61. The van der Waals surface area contributed by atoms with Gasteiger partial charge in [-0.2, -0.15) is 5.26 Å². The topological polar surface area (TPSA) is 59.1 Å². The number of nitriles is 1. The molecule has 0 N–H and O–H groups in total. The second-order valence-corrected chi connectivity index (χ2v) is 6.05. The van der Waals surface area contributed by atoms with Gasteiger partial charge in [0.15, 0.2) is 5.58 Å². The minimum atomic E-state index is -0.481. The van der Waals surface area contributed by atoms with E-state index in [9.17, 15) is 5.26 Å². The fourth-order valence-corrected chi connectivity index (χ4v) is 3.05. The molecule has 4 nitrogen and oxygen atoms in total. The highest BCUT2D eigenvalue weighted by Gasteiger charge is 2.41. The molecular weight excluding hydrogens is 300 g/mol. The molecule has 0 atom stereocenters. The number of methoxy groups -OCH3 is 1. The molecule has 122 valence electrons. The minimum absolute atomic E-state index is 0.481. The Balaban J connectivity index is 2.04. The fourth-order valence-electron chi connectivity index (χ4n) is 3.05. The Bertz CT molecular complexity index is 843. The predicted molar refractivity (Wildman–Crippen MR) is 93.8 cm³/mol. The number of fused-ring (bicyclic) bond motifs is 1. The normalized spacial score (nSPS) is 17.6. The first-order valence-electron chi connectivity index (χ1n) is 8.00. The van der Waals surface area contributed by atoms with Gasteiger partial charge in [-0.3, -0.25) is 0 Å². The van der Waals surface area contributed by atoms with Crippen LogP contribution in [0.25, 0.3) is 16.7 Å². The van der Waals surface area contributed by atoms with Crippen LogP contribution in [0.3, 0.4) is 0 Å². The van der Waals surface area contributed by atoms with Crippen molar-refractivity contribution < 1.29 is 9.15 Å². The number of oxazole rings is 1. The van der Waals surface area contributed by atoms with Gasteiger partial charge in [0.1, 0.15) is 11.3 Å². The van der Waals surface area contributed by atoms with Crippen molar-refractivity contribution in [3.63, 3.8) is 0 Å². The molecule has 0 saturated heterocycles. The molecule has 1 aromatic carbocycles. The second-order valence-electron chi connectivity index (χ2n) is 6.05. The standard InChI is InChI=1S/C20H20N2O2/c1-4-15(20(13-21)10-7-11-20)18(23-3)12-14(2)19-22-16-8-5-6-9-17(16)24-19/h4-6,8-9,12H,1,7,10-11H2,2-3H3/b14-12+,18-15-. The molecule has 3 rings (SSSR count). The van der Waals surface area contributed by atoms with Gasteiger partial charge in [-0.15, -0.1) is 0 Å². The van der Waals surface area contributed by atoms with E-state index in [1.165, 1.54) is 0 Å². The molecular formula is C20H20N2O2. The first kappa shape index (κ1) is 16.1. The zero-order chi connectivity index (χ0) is 17.2. The van der Waals surface area contributed by atoms with Gasteiger partial charge >= 0.3 is 0 Å². The molecule has 1 saturated carbocycles. The first-order valence-corrected chi connectivity index (χ1v) is 8.00. The summed E-state index contributed by atoms with van der Waals surface area (Å²) < 4.78 is 11.4. The number of ether oxygens (including phenoxy) is 1. The van der Waals surface area contributed by atoms with Crippen molar-refractivity contribution in [2.24, 2.45) is 5.41 Å². The number of nitrogens with zero attached hydrogens (tertiary/aromatic N) is 2. The number of benzene rings is 1.